The fraction of sp³-hybridized carbons (Fsp3) is 0.571. The number of fused-ring (bicyclic) bond motifs is 1. The molecule has 1 atom stereocenters. The van der Waals surface area contributed by atoms with Crippen LogP contribution in [0.15, 0.2) is 30.7 Å². The highest BCUT2D eigenvalue weighted by Crippen LogP contribution is 2.39. The fourth-order valence-electron chi connectivity index (χ4n) is 3.74. The van der Waals surface area contributed by atoms with Crippen molar-refractivity contribution >= 4 is 45.7 Å². The minimum absolute atomic E-state index is 0.357. The average Bonchev–Trinajstić information content (AvgIpc) is 3.33. The fourth-order valence-corrected chi connectivity index (χ4v) is 5.11. The molecule has 2 aromatic rings. The summed E-state index contributed by atoms with van der Waals surface area (Å²) in [4.78, 5) is 2.28. The molecule has 0 bridgehead atoms. The first kappa shape index (κ1) is 21.9. The molecule has 4 heterocycles. The molecule has 0 N–H and O–H groups in total. The van der Waals surface area contributed by atoms with Gasteiger partial charge >= 0.3 is 0 Å². The van der Waals surface area contributed by atoms with Crippen molar-refractivity contribution in [2.75, 3.05) is 42.8 Å². The number of anilines is 2. The molecule has 1 fully saturated rings. The van der Waals surface area contributed by atoms with Crippen LogP contribution in [-0.2, 0) is 16.2 Å². The summed E-state index contributed by atoms with van der Waals surface area (Å²) in [6.45, 7) is 13.9. The van der Waals surface area contributed by atoms with Crippen molar-refractivity contribution in [3.8, 4) is 0 Å². The molecular weight excluding hydrogens is 509 g/mol. The largest absolute Gasteiger partial charge is 0.377 e. The number of morpholine rings is 1. The molecule has 1 saturated heterocycles. The van der Waals surface area contributed by atoms with Crippen LogP contribution < -0.4 is 9.91 Å². The minimum Gasteiger partial charge on any atom is -0.377 e. The van der Waals surface area contributed by atoms with Gasteiger partial charge in [0.15, 0.2) is 5.82 Å². The summed E-state index contributed by atoms with van der Waals surface area (Å²) in [7, 11) is -1.06. The van der Waals surface area contributed by atoms with Gasteiger partial charge in [-0.05, 0) is 35.6 Å². The van der Waals surface area contributed by atoms with Gasteiger partial charge in [-0.25, -0.2) is 4.68 Å². The second-order valence-electron chi connectivity index (χ2n) is 9.25. The van der Waals surface area contributed by atoms with E-state index in [4.69, 9.17) is 14.6 Å². The molecule has 2 aliphatic rings. The van der Waals surface area contributed by atoms with E-state index in [0.717, 1.165) is 38.7 Å². The normalized spacial score (nSPS) is 19.8. The van der Waals surface area contributed by atoms with E-state index in [9.17, 15) is 0 Å². The van der Waals surface area contributed by atoms with Gasteiger partial charge in [0.1, 0.15) is 6.73 Å². The summed E-state index contributed by atoms with van der Waals surface area (Å²) in [5, 5.41) is 7.15. The van der Waals surface area contributed by atoms with Gasteiger partial charge in [0.25, 0.3) is 0 Å². The second kappa shape index (κ2) is 9.05. The Morgan fingerprint density at radius 2 is 2.13 bits per heavy atom. The molecule has 0 radical (unpaired) electrons. The van der Waals surface area contributed by atoms with Gasteiger partial charge in [-0.1, -0.05) is 25.7 Å². The predicted molar refractivity (Wildman–Crippen MR) is 133 cm³/mol. The van der Waals surface area contributed by atoms with Gasteiger partial charge in [0, 0.05) is 48.8 Å². The number of ether oxygens (including phenoxy) is 2. The lowest BCUT2D eigenvalue weighted by Crippen LogP contribution is -2.49. The first-order chi connectivity index (χ1) is 14.3. The van der Waals surface area contributed by atoms with E-state index in [-0.39, 0.29) is 0 Å². The van der Waals surface area contributed by atoms with Crippen LogP contribution in [0.3, 0.4) is 0 Å². The number of hydrogen-bond donors (Lipinski definition) is 0. The van der Waals surface area contributed by atoms with Crippen LogP contribution in [-0.4, -0.2) is 61.5 Å². The van der Waals surface area contributed by atoms with Gasteiger partial charge in [-0.3, -0.25) is 4.68 Å². The summed E-state index contributed by atoms with van der Waals surface area (Å²) >= 11 is 2.44. The summed E-state index contributed by atoms with van der Waals surface area (Å²) < 4.78 is 16.9. The topological polar surface area (TPSA) is 47.7 Å². The summed E-state index contributed by atoms with van der Waals surface area (Å²) in [6, 6.07) is 3.61. The maximum absolute atomic E-state index is 5.86. The first-order valence-electron chi connectivity index (χ1n) is 10.6. The molecule has 9 heteroatoms. The first-order valence-corrected chi connectivity index (χ1v) is 15.4. The van der Waals surface area contributed by atoms with E-state index in [1.165, 1.54) is 20.9 Å². The molecule has 2 aromatic heterocycles. The van der Waals surface area contributed by atoms with Crippen molar-refractivity contribution in [3.05, 3.63) is 36.3 Å². The molecule has 2 aliphatic heterocycles. The van der Waals surface area contributed by atoms with Gasteiger partial charge in [-0.15, -0.1) is 0 Å². The van der Waals surface area contributed by atoms with Crippen LogP contribution in [0, 0.1) is 0 Å². The SMILES string of the molecule is C[C@@H]1COCCN1n1cc2c(c1)N(c1ccn(COCC[Si](C)(C)C)n1)CC=C2I. The zero-order valence-electron chi connectivity index (χ0n) is 18.3. The zero-order chi connectivity index (χ0) is 21.3. The Balaban J connectivity index is 1.48. The molecule has 164 valence electrons. The maximum atomic E-state index is 5.86. The lowest BCUT2D eigenvalue weighted by atomic mass is 10.2. The number of nitrogens with zero attached hydrogens (tertiary/aromatic N) is 5. The Kier molecular flexibility index (Phi) is 6.61. The highest BCUT2D eigenvalue weighted by atomic mass is 127. The van der Waals surface area contributed by atoms with Gasteiger partial charge in [0.05, 0.1) is 37.7 Å². The van der Waals surface area contributed by atoms with E-state index >= 15 is 0 Å². The molecule has 0 aromatic carbocycles. The minimum atomic E-state index is -1.06. The molecule has 30 heavy (non-hydrogen) atoms. The Morgan fingerprint density at radius 3 is 2.90 bits per heavy atom. The van der Waals surface area contributed by atoms with Crippen molar-refractivity contribution in [1.29, 1.82) is 0 Å². The molecule has 0 amide bonds. The molecular formula is C21H32IN5O2Si. The number of hydrogen-bond acceptors (Lipinski definition) is 5. The Morgan fingerprint density at radius 1 is 1.30 bits per heavy atom. The number of rotatable bonds is 7. The molecule has 7 nitrogen and oxygen atoms in total. The monoisotopic (exact) mass is 541 g/mol. The third-order valence-corrected chi connectivity index (χ3v) is 8.27. The van der Waals surface area contributed by atoms with Crippen molar-refractivity contribution in [2.45, 2.75) is 45.4 Å². The van der Waals surface area contributed by atoms with E-state index in [2.05, 4.69) is 88.3 Å². The Bertz CT molecular complexity index is 904. The van der Waals surface area contributed by atoms with E-state index in [1.54, 1.807) is 0 Å². The van der Waals surface area contributed by atoms with Crippen LogP contribution in [0.5, 0.6) is 0 Å². The molecule has 4 rings (SSSR count). The molecule has 0 aliphatic carbocycles. The second-order valence-corrected chi connectivity index (χ2v) is 16.0. The number of aromatic nitrogens is 3. The Labute approximate surface area is 193 Å². The van der Waals surface area contributed by atoms with Gasteiger partial charge in [0.2, 0.25) is 0 Å². The van der Waals surface area contributed by atoms with E-state index < -0.39 is 8.07 Å². The molecule has 0 spiro atoms. The summed E-state index contributed by atoms with van der Waals surface area (Å²) in [5.41, 5.74) is 2.45. The number of halogens is 1. The van der Waals surface area contributed by atoms with Crippen LogP contribution in [0.1, 0.15) is 12.5 Å². The van der Waals surface area contributed by atoms with Crippen LogP contribution in [0.4, 0.5) is 11.5 Å². The molecule has 0 saturated carbocycles. The lowest BCUT2D eigenvalue weighted by molar-refractivity contribution is 0.0787. The van der Waals surface area contributed by atoms with Crippen molar-refractivity contribution in [1.82, 2.24) is 14.5 Å². The van der Waals surface area contributed by atoms with Crippen LogP contribution >= 0.6 is 22.6 Å². The predicted octanol–water partition coefficient (Wildman–Crippen LogP) is 4.28. The third-order valence-electron chi connectivity index (χ3n) is 5.55. The zero-order valence-corrected chi connectivity index (χ0v) is 21.5. The van der Waals surface area contributed by atoms with E-state index in [0.29, 0.717) is 12.8 Å². The highest BCUT2D eigenvalue weighted by molar-refractivity contribution is 14.1. The van der Waals surface area contributed by atoms with Gasteiger partial charge in [-0.2, -0.15) is 5.10 Å². The summed E-state index contributed by atoms with van der Waals surface area (Å²) in [6.07, 6.45) is 8.73. The lowest BCUT2D eigenvalue weighted by Gasteiger charge is -2.35. The standard InChI is InChI=1S/C21H32IN5O2Si/c1-17-15-28-10-9-27(17)25-13-18-19(22)5-8-26(20(18)14-25)21-6-7-24(23-21)16-29-11-12-30(2,3)4/h5-7,13-14,17H,8-12,15-16H2,1-4H3/t17-/m1/s1. The average molecular weight is 542 g/mol. The van der Waals surface area contributed by atoms with Crippen molar-refractivity contribution < 1.29 is 9.47 Å². The third kappa shape index (κ3) is 4.95. The van der Waals surface area contributed by atoms with Gasteiger partial charge < -0.3 is 19.4 Å². The van der Waals surface area contributed by atoms with E-state index in [1.807, 2.05) is 10.9 Å². The van der Waals surface area contributed by atoms with Crippen LogP contribution in [0.25, 0.3) is 3.58 Å². The van der Waals surface area contributed by atoms with Crippen molar-refractivity contribution in [3.63, 3.8) is 0 Å². The van der Waals surface area contributed by atoms with Crippen molar-refractivity contribution in [2.24, 2.45) is 0 Å². The maximum Gasteiger partial charge on any atom is 0.155 e. The Hall–Kier alpha value is -1.30. The molecule has 0 unspecified atom stereocenters. The van der Waals surface area contributed by atoms with Crippen LogP contribution in [0.2, 0.25) is 25.7 Å². The summed E-state index contributed by atoms with van der Waals surface area (Å²) in [5.74, 6) is 0.956. The quantitative estimate of drug-likeness (QED) is 0.298. The smallest absolute Gasteiger partial charge is 0.155 e. The highest BCUT2D eigenvalue weighted by Gasteiger charge is 2.26.